The summed E-state index contributed by atoms with van der Waals surface area (Å²) in [5.41, 5.74) is 0.841. The lowest BCUT2D eigenvalue weighted by Gasteiger charge is -2.39. The predicted octanol–water partition coefficient (Wildman–Crippen LogP) is -0.862. The number of carbonyl (C=O) groups excluding carboxylic acids is 3. The molecule has 1 saturated heterocycles. The summed E-state index contributed by atoms with van der Waals surface area (Å²) in [6.07, 6.45) is 0. The van der Waals surface area contributed by atoms with E-state index in [1.807, 2.05) is 7.05 Å². The summed E-state index contributed by atoms with van der Waals surface area (Å²) in [6, 6.07) is 4.14. The van der Waals surface area contributed by atoms with E-state index in [0.29, 0.717) is 35.9 Å². The Morgan fingerprint density at radius 1 is 1.39 bits per heavy atom. The molecule has 0 saturated carbocycles. The number of anilines is 1. The van der Waals surface area contributed by atoms with Crippen molar-refractivity contribution in [3.05, 3.63) is 28.8 Å². The molecule has 1 fully saturated rings. The van der Waals surface area contributed by atoms with E-state index in [2.05, 4.69) is 5.32 Å². The Kier molecular flexibility index (Phi) is 4.23. The molecule has 8 heteroatoms. The Morgan fingerprint density at radius 3 is 2.91 bits per heavy atom. The zero-order chi connectivity index (χ0) is 16.6. The van der Waals surface area contributed by atoms with Crippen molar-refractivity contribution in [3.8, 4) is 0 Å². The second kappa shape index (κ2) is 6.17. The summed E-state index contributed by atoms with van der Waals surface area (Å²) < 4.78 is 0. The average Bonchev–Trinajstić information content (AvgIpc) is 2.63. The summed E-state index contributed by atoms with van der Waals surface area (Å²) in [7, 11) is 1.82. The Labute approximate surface area is 138 Å². The highest BCUT2D eigenvalue weighted by Crippen LogP contribution is 2.27. The normalized spacial score (nSPS) is 20.5. The lowest BCUT2D eigenvalue weighted by atomic mass is 10.1. The SMILES string of the molecule is C[NH2+]CC(=O)N1CCN2C(=O)c3ccc(Cl)cc3NC(=O)[C@H]2C1. The van der Waals surface area contributed by atoms with E-state index < -0.39 is 6.04 Å². The highest BCUT2D eigenvalue weighted by atomic mass is 35.5. The molecule has 7 nitrogen and oxygen atoms in total. The summed E-state index contributed by atoms with van der Waals surface area (Å²) >= 11 is 5.95. The van der Waals surface area contributed by atoms with E-state index in [0.717, 1.165) is 0 Å². The second-order valence-corrected chi connectivity index (χ2v) is 6.08. The highest BCUT2D eigenvalue weighted by molar-refractivity contribution is 6.31. The predicted molar refractivity (Wildman–Crippen MR) is 84.2 cm³/mol. The quantitative estimate of drug-likeness (QED) is 0.736. The molecule has 2 heterocycles. The molecule has 3 N–H and O–H groups in total. The number of hydrogen-bond acceptors (Lipinski definition) is 3. The van der Waals surface area contributed by atoms with Crippen LogP contribution in [0.15, 0.2) is 18.2 Å². The first-order valence-electron chi connectivity index (χ1n) is 7.48. The van der Waals surface area contributed by atoms with Gasteiger partial charge in [0.15, 0.2) is 6.54 Å². The second-order valence-electron chi connectivity index (χ2n) is 5.65. The zero-order valence-electron chi connectivity index (χ0n) is 12.7. The van der Waals surface area contributed by atoms with Crippen LogP contribution >= 0.6 is 11.6 Å². The van der Waals surface area contributed by atoms with E-state index in [4.69, 9.17) is 11.6 Å². The number of rotatable bonds is 2. The van der Waals surface area contributed by atoms with Gasteiger partial charge < -0.3 is 20.4 Å². The Hall–Kier alpha value is -2.12. The van der Waals surface area contributed by atoms with Crippen LogP contribution < -0.4 is 10.6 Å². The first-order chi connectivity index (χ1) is 11.0. The smallest absolute Gasteiger partial charge is 0.277 e. The minimum atomic E-state index is -0.678. The minimum Gasteiger partial charge on any atom is -0.341 e. The summed E-state index contributed by atoms with van der Waals surface area (Å²) in [6.45, 7) is 1.32. The number of benzene rings is 1. The lowest BCUT2D eigenvalue weighted by Crippen LogP contribution is -2.83. The van der Waals surface area contributed by atoms with Crippen molar-refractivity contribution in [2.24, 2.45) is 0 Å². The molecule has 1 atom stereocenters. The van der Waals surface area contributed by atoms with Crippen LogP contribution in [0.4, 0.5) is 5.69 Å². The van der Waals surface area contributed by atoms with Crippen LogP contribution in [0.5, 0.6) is 0 Å². The van der Waals surface area contributed by atoms with Crippen LogP contribution in [0.3, 0.4) is 0 Å². The fraction of sp³-hybridized carbons (Fsp3) is 0.400. The molecule has 0 aromatic heterocycles. The van der Waals surface area contributed by atoms with Crippen LogP contribution in [0, 0.1) is 0 Å². The largest absolute Gasteiger partial charge is 0.341 e. The molecule has 0 bridgehead atoms. The van der Waals surface area contributed by atoms with Crippen LogP contribution in [0.1, 0.15) is 10.4 Å². The van der Waals surface area contributed by atoms with Crippen LogP contribution in [-0.4, -0.2) is 66.8 Å². The number of hydrogen-bond donors (Lipinski definition) is 2. The maximum Gasteiger partial charge on any atom is 0.277 e. The van der Waals surface area contributed by atoms with Gasteiger partial charge in [-0.1, -0.05) is 11.6 Å². The number of quaternary nitrogens is 1. The third-order valence-electron chi connectivity index (χ3n) is 4.15. The van der Waals surface area contributed by atoms with Crippen molar-refractivity contribution in [2.75, 3.05) is 38.5 Å². The van der Waals surface area contributed by atoms with Gasteiger partial charge in [-0.25, -0.2) is 0 Å². The number of nitrogens with zero attached hydrogens (tertiary/aromatic N) is 2. The van der Waals surface area contributed by atoms with Crippen LogP contribution in [-0.2, 0) is 9.59 Å². The number of nitrogens with two attached hydrogens (primary N) is 1. The van der Waals surface area contributed by atoms with Gasteiger partial charge in [0.1, 0.15) is 6.04 Å². The van der Waals surface area contributed by atoms with Crippen molar-refractivity contribution in [2.45, 2.75) is 6.04 Å². The number of piperazine rings is 1. The van der Waals surface area contributed by atoms with Gasteiger partial charge in [-0.3, -0.25) is 14.4 Å². The first kappa shape index (κ1) is 15.8. The summed E-state index contributed by atoms with van der Waals surface area (Å²) in [5, 5.41) is 4.99. The molecule has 2 aliphatic heterocycles. The fourth-order valence-electron chi connectivity index (χ4n) is 2.96. The zero-order valence-corrected chi connectivity index (χ0v) is 13.5. The molecule has 0 spiro atoms. The first-order valence-corrected chi connectivity index (χ1v) is 7.86. The van der Waals surface area contributed by atoms with E-state index in [-0.39, 0.29) is 24.3 Å². The monoisotopic (exact) mass is 337 g/mol. The van der Waals surface area contributed by atoms with Gasteiger partial charge in [0.25, 0.3) is 11.8 Å². The van der Waals surface area contributed by atoms with Gasteiger partial charge in [-0.2, -0.15) is 0 Å². The number of likely N-dealkylation sites (N-methyl/N-ethyl adjacent to an activating group) is 1. The van der Waals surface area contributed by atoms with Gasteiger partial charge in [-0.15, -0.1) is 0 Å². The standard InChI is InChI=1S/C15H17ClN4O3/c1-17-7-13(21)19-4-5-20-12(8-19)14(22)18-11-6-9(16)2-3-10(11)15(20)23/h2-3,6,12,17H,4-5,7-8H2,1H3,(H,18,22)/p+1/t12-/m1/s1. The molecule has 3 amide bonds. The lowest BCUT2D eigenvalue weighted by molar-refractivity contribution is -0.616. The van der Waals surface area contributed by atoms with E-state index in [1.165, 1.54) is 4.90 Å². The van der Waals surface area contributed by atoms with Crippen molar-refractivity contribution in [1.29, 1.82) is 0 Å². The molecule has 0 unspecified atom stereocenters. The third-order valence-corrected chi connectivity index (χ3v) is 4.38. The van der Waals surface area contributed by atoms with E-state index >= 15 is 0 Å². The van der Waals surface area contributed by atoms with Gasteiger partial charge >= 0.3 is 0 Å². The topological polar surface area (TPSA) is 86.3 Å². The van der Waals surface area contributed by atoms with Gasteiger partial charge in [0, 0.05) is 18.1 Å². The number of carbonyl (C=O) groups is 3. The highest BCUT2D eigenvalue weighted by Gasteiger charge is 2.40. The van der Waals surface area contributed by atoms with Gasteiger partial charge in [-0.05, 0) is 18.2 Å². The van der Waals surface area contributed by atoms with Crippen molar-refractivity contribution in [3.63, 3.8) is 0 Å². The Bertz CT molecular complexity index is 679. The van der Waals surface area contributed by atoms with E-state index in [9.17, 15) is 14.4 Å². The van der Waals surface area contributed by atoms with Crippen molar-refractivity contribution < 1.29 is 19.7 Å². The molecule has 1 aromatic carbocycles. The molecular weight excluding hydrogens is 320 g/mol. The number of halogens is 1. The van der Waals surface area contributed by atoms with Crippen molar-refractivity contribution >= 4 is 35.0 Å². The van der Waals surface area contributed by atoms with E-state index in [1.54, 1.807) is 28.4 Å². The average molecular weight is 338 g/mol. The third kappa shape index (κ3) is 2.89. The Morgan fingerprint density at radius 2 is 2.17 bits per heavy atom. The molecule has 0 aliphatic carbocycles. The fourth-order valence-corrected chi connectivity index (χ4v) is 3.13. The van der Waals surface area contributed by atoms with Crippen LogP contribution in [0.25, 0.3) is 0 Å². The van der Waals surface area contributed by atoms with Crippen molar-refractivity contribution in [1.82, 2.24) is 9.80 Å². The molecule has 122 valence electrons. The molecule has 2 aliphatic rings. The number of nitrogens with one attached hydrogen (secondary N) is 1. The van der Waals surface area contributed by atoms with Crippen LogP contribution in [0.2, 0.25) is 5.02 Å². The Balaban J connectivity index is 1.88. The van der Waals surface area contributed by atoms with Gasteiger partial charge in [0.05, 0.1) is 24.8 Å². The molecule has 1 aromatic rings. The summed E-state index contributed by atoms with van der Waals surface area (Å²) in [5.74, 6) is -0.538. The molecule has 0 radical (unpaired) electrons. The molecule has 23 heavy (non-hydrogen) atoms. The number of amides is 3. The number of fused-ring (bicyclic) bond motifs is 2. The minimum absolute atomic E-state index is 0.0304. The maximum absolute atomic E-state index is 12.7. The maximum atomic E-state index is 12.7. The molecular formula is C15H18ClN4O3+. The van der Waals surface area contributed by atoms with Gasteiger partial charge in [0.2, 0.25) is 5.91 Å². The summed E-state index contributed by atoms with van der Waals surface area (Å²) in [4.78, 5) is 40.4. The molecule has 3 rings (SSSR count).